The fourth-order valence-corrected chi connectivity index (χ4v) is 3.72. The molecule has 7 nitrogen and oxygen atoms in total. The first-order chi connectivity index (χ1) is 12.8. The first-order valence-corrected chi connectivity index (χ1v) is 8.83. The monoisotopic (exact) mass is 346 g/mol. The molecule has 1 saturated heterocycles. The Morgan fingerprint density at radius 3 is 3.08 bits per heavy atom. The van der Waals surface area contributed by atoms with Gasteiger partial charge in [-0.3, -0.25) is 9.20 Å². The van der Waals surface area contributed by atoms with E-state index in [0.717, 1.165) is 42.5 Å². The van der Waals surface area contributed by atoms with Gasteiger partial charge in [0.25, 0.3) is 5.91 Å². The molecule has 7 heteroatoms. The van der Waals surface area contributed by atoms with Gasteiger partial charge in [0, 0.05) is 30.7 Å². The fraction of sp³-hybridized carbons (Fsp3) is 0.263. The molecule has 0 radical (unpaired) electrons. The lowest BCUT2D eigenvalue weighted by atomic mass is 9.98. The van der Waals surface area contributed by atoms with E-state index in [1.165, 1.54) is 0 Å². The van der Waals surface area contributed by atoms with Crippen molar-refractivity contribution in [3.63, 3.8) is 0 Å². The first-order valence-electron chi connectivity index (χ1n) is 8.83. The van der Waals surface area contributed by atoms with Crippen molar-refractivity contribution >= 4 is 22.7 Å². The van der Waals surface area contributed by atoms with Crippen LogP contribution in [0.25, 0.3) is 16.8 Å². The number of carbonyl (C=O) groups is 1. The molecule has 1 amide bonds. The summed E-state index contributed by atoms with van der Waals surface area (Å²) in [6.07, 6.45) is 10.2. The molecule has 0 bridgehead atoms. The molecule has 1 N–H and O–H groups in total. The number of fused-ring (bicyclic) bond motifs is 2. The number of aromatic amines is 1. The summed E-state index contributed by atoms with van der Waals surface area (Å²) in [6.45, 7) is 0.742. The smallest absolute Gasteiger partial charge is 0.254 e. The highest BCUT2D eigenvalue weighted by Gasteiger charge is 2.30. The number of carbonyl (C=O) groups excluding carboxylic acids is 1. The molecule has 1 aliphatic heterocycles. The van der Waals surface area contributed by atoms with Crippen LogP contribution in [0.15, 0.2) is 49.2 Å². The molecule has 5 rings (SSSR count). The predicted molar refractivity (Wildman–Crippen MR) is 96.7 cm³/mol. The first kappa shape index (κ1) is 15.1. The summed E-state index contributed by atoms with van der Waals surface area (Å²) < 4.78 is 1.88. The van der Waals surface area contributed by atoms with Crippen molar-refractivity contribution in [2.45, 2.75) is 25.3 Å². The van der Waals surface area contributed by atoms with E-state index < -0.39 is 0 Å². The van der Waals surface area contributed by atoms with Crippen LogP contribution < -0.4 is 0 Å². The number of H-pyrrole nitrogens is 1. The van der Waals surface area contributed by atoms with Gasteiger partial charge in [-0.25, -0.2) is 15.0 Å². The van der Waals surface area contributed by atoms with Gasteiger partial charge >= 0.3 is 0 Å². The Labute approximate surface area is 149 Å². The molecule has 26 heavy (non-hydrogen) atoms. The molecule has 0 aliphatic carbocycles. The highest BCUT2D eigenvalue weighted by molar-refractivity contribution is 5.97. The largest absolute Gasteiger partial charge is 0.345 e. The maximum absolute atomic E-state index is 13.2. The summed E-state index contributed by atoms with van der Waals surface area (Å²) in [7, 11) is 0. The zero-order valence-corrected chi connectivity index (χ0v) is 14.2. The van der Waals surface area contributed by atoms with Crippen LogP contribution in [0.1, 0.15) is 41.4 Å². The third-order valence-corrected chi connectivity index (χ3v) is 5.06. The van der Waals surface area contributed by atoms with Gasteiger partial charge in [-0.2, -0.15) is 0 Å². The third-order valence-electron chi connectivity index (χ3n) is 5.06. The average molecular weight is 346 g/mol. The van der Waals surface area contributed by atoms with E-state index >= 15 is 0 Å². The van der Waals surface area contributed by atoms with Crippen molar-refractivity contribution in [1.29, 1.82) is 0 Å². The van der Waals surface area contributed by atoms with Crippen LogP contribution in [-0.4, -0.2) is 41.7 Å². The minimum atomic E-state index is -0.0181. The molecule has 1 aliphatic rings. The number of nitrogens with one attached hydrogen (secondary N) is 1. The van der Waals surface area contributed by atoms with Gasteiger partial charge in [0.15, 0.2) is 0 Å². The minimum Gasteiger partial charge on any atom is -0.345 e. The summed E-state index contributed by atoms with van der Waals surface area (Å²) in [6, 6.07) is 7.58. The van der Waals surface area contributed by atoms with Gasteiger partial charge < -0.3 is 9.88 Å². The number of benzene rings is 1. The van der Waals surface area contributed by atoms with Crippen molar-refractivity contribution in [3.8, 4) is 0 Å². The summed E-state index contributed by atoms with van der Waals surface area (Å²) in [5.74, 6) is 0.704. The Hall–Kier alpha value is -3.22. The van der Waals surface area contributed by atoms with Crippen molar-refractivity contribution in [2.75, 3.05) is 6.54 Å². The second kappa shape index (κ2) is 5.94. The molecule has 3 aromatic heterocycles. The highest BCUT2D eigenvalue weighted by Crippen LogP contribution is 2.31. The summed E-state index contributed by atoms with van der Waals surface area (Å²) in [4.78, 5) is 31.4. The van der Waals surface area contributed by atoms with Gasteiger partial charge in [0.1, 0.15) is 0 Å². The zero-order valence-electron chi connectivity index (χ0n) is 14.2. The van der Waals surface area contributed by atoms with Crippen molar-refractivity contribution < 1.29 is 4.79 Å². The lowest BCUT2D eigenvalue weighted by Gasteiger charge is -2.35. The van der Waals surface area contributed by atoms with E-state index in [1.807, 2.05) is 46.0 Å². The van der Waals surface area contributed by atoms with E-state index in [9.17, 15) is 4.79 Å². The van der Waals surface area contributed by atoms with Crippen molar-refractivity contribution in [3.05, 3.63) is 60.4 Å². The van der Waals surface area contributed by atoms with E-state index in [0.29, 0.717) is 11.3 Å². The lowest BCUT2D eigenvalue weighted by Crippen LogP contribution is -2.39. The standard InChI is InChI=1S/C19H18N6O/c26-18(13-4-5-14-16(11-13)22-12-21-14)25-8-2-1-3-17(25)15-6-9-24-10-7-20-19(24)23-15/h4-7,9-12,17H,1-3,8H2,(H,21,22). The van der Waals surface area contributed by atoms with Crippen LogP contribution >= 0.6 is 0 Å². The van der Waals surface area contributed by atoms with Crippen LogP contribution in [0, 0.1) is 0 Å². The Morgan fingerprint density at radius 1 is 1.15 bits per heavy atom. The number of piperidine rings is 1. The van der Waals surface area contributed by atoms with Gasteiger partial charge in [-0.1, -0.05) is 0 Å². The quantitative estimate of drug-likeness (QED) is 0.605. The Balaban J connectivity index is 1.51. The van der Waals surface area contributed by atoms with E-state index in [4.69, 9.17) is 0 Å². The summed E-state index contributed by atoms with van der Waals surface area (Å²) in [5.41, 5.74) is 3.32. The predicted octanol–water partition coefficient (Wildman–Crippen LogP) is 2.97. The van der Waals surface area contributed by atoms with Crippen LogP contribution in [0.4, 0.5) is 0 Å². The highest BCUT2D eigenvalue weighted by atomic mass is 16.2. The molecule has 0 spiro atoms. The van der Waals surface area contributed by atoms with Gasteiger partial charge in [-0.05, 0) is 43.5 Å². The number of nitrogens with zero attached hydrogens (tertiary/aromatic N) is 5. The van der Waals surface area contributed by atoms with E-state index in [2.05, 4.69) is 19.9 Å². The molecular formula is C19H18N6O. The number of imidazole rings is 2. The molecule has 1 unspecified atom stereocenters. The second-order valence-corrected chi connectivity index (χ2v) is 6.63. The normalized spacial score (nSPS) is 17.8. The molecule has 4 aromatic rings. The van der Waals surface area contributed by atoms with Crippen molar-refractivity contribution in [2.24, 2.45) is 0 Å². The molecule has 130 valence electrons. The maximum atomic E-state index is 13.2. The van der Waals surface area contributed by atoms with Crippen LogP contribution in [0.2, 0.25) is 0 Å². The third kappa shape index (κ3) is 2.44. The topological polar surface area (TPSA) is 79.2 Å². The molecule has 4 heterocycles. The number of amides is 1. The van der Waals surface area contributed by atoms with Crippen molar-refractivity contribution in [1.82, 2.24) is 29.2 Å². The number of rotatable bonds is 2. The Kier molecular flexibility index (Phi) is 3.44. The zero-order chi connectivity index (χ0) is 17.5. The minimum absolute atomic E-state index is 0.0181. The lowest BCUT2D eigenvalue weighted by molar-refractivity contribution is 0.0606. The van der Waals surface area contributed by atoms with Gasteiger partial charge in [0.2, 0.25) is 5.78 Å². The molecule has 0 saturated carbocycles. The number of likely N-dealkylation sites (tertiary alicyclic amines) is 1. The maximum Gasteiger partial charge on any atom is 0.254 e. The average Bonchev–Trinajstić information content (AvgIpc) is 3.35. The van der Waals surface area contributed by atoms with E-state index in [-0.39, 0.29) is 11.9 Å². The summed E-state index contributed by atoms with van der Waals surface area (Å²) in [5, 5.41) is 0. The Morgan fingerprint density at radius 2 is 2.12 bits per heavy atom. The fourth-order valence-electron chi connectivity index (χ4n) is 3.72. The van der Waals surface area contributed by atoms with Crippen LogP contribution in [0.3, 0.4) is 0 Å². The van der Waals surface area contributed by atoms with Crippen LogP contribution in [0.5, 0.6) is 0 Å². The van der Waals surface area contributed by atoms with Gasteiger partial charge in [0.05, 0.1) is 29.1 Å². The van der Waals surface area contributed by atoms with Gasteiger partial charge in [-0.15, -0.1) is 0 Å². The SMILES string of the molecule is O=C(c1ccc2nc[nH]c2c1)N1CCCCC1c1ccn2ccnc2n1. The second-order valence-electron chi connectivity index (χ2n) is 6.63. The molecule has 1 atom stereocenters. The molecule has 1 aromatic carbocycles. The number of aromatic nitrogens is 5. The Bertz CT molecular complexity index is 1100. The van der Waals surface area contributed by atoms with E-state index in [1.54, 1.807) is 12.5 Å². The molecule has 1 fully saturated rings. The van der Waals surface area contributed by atoms with Crippen LogP contribution in [-0.2, 0) is 0 Å². The number of hydrogen-bond donors (Lipinski definition) is 1. The molecular weight excluding hydrogens is 328 g/mol. The summed E-state index contributed by atoms with van der Waals surface area (Å²) >= 11 is 0. The number of hydrogen-bond acceptors (Lipinski definition) is 4.